The van der Waals surface area contributed by atoms with Crippen molar-refractivity contribution in [1.29, 1.82) is 0 Å². The largest absolute Gasteiger partial charge is 0.462 e. The van der Waals surface area contributed by atoms with Crippen LogP contribution in [0.1, 0.15) is 35.5 Å². The Morgan fingerprint density at radius 3 is 2.05 bits per heavy atom. The third kappa shape index (κ3) is 7.94. The van der Waals surface area contributed by atoms with E-state index in [1.54, 1.807) is 31.2 Å². The van der Waals surface area contributed by atoms with E-state index in [0.29, 0.717) is 42.6 Å². The molecule has 3 aromatic rings. The van der Waals surface area contributed by atoms with Crippen LogP contribution in [0.15, 0.2) is 48.5 Å². The molecule has 0 unspecified atom stereocenters. The highest BCUT2D eigenvalue weighted by atomic mass is 16.5. The van der Waals surface area contributed by atoms with Crippen LogP contribution in [0.2, 0.25) is 0 Å². The number of nitrogens with zero attached hydrogens (tertiary/aromatic N) is 3. The third-order valence-corrected chi connectivity index (χ3v) is 5.92. The number of amides is 2. The van der Waals surface area contributed by atoms with Crippen LogP contribution in [0, 0.1) is 6.92 Å². The number of benzene rings is 2. The van der Waals surface area contributed by atoms with Crippen LogP contribution in [0.5, 0.6) is 0 Å². The lowest BCUT2D eigenvalue weighted by atomic mass is 10.1. The molecule has 0 atom stereocenters. The molecule has 1 aliphatic heterocycles. The normalized spacial score (nSPS) is 12.4. The molecule has 1 aliphatic rings. The summed E-state index contributed by atoms with van der Waals surface area (Å²) in [7, 11) is 0. The van der Waals surface area contributed by atoms with Crippen molar-refractivity contribution in [2.45, 2.75) is 27.2 Å². The van der Waals surface area contributed by atoms with Crippen molar-refractivity contribution in [1.82, 2.24) is 9.97 Å². The summed E-state index contributed by atoms with van der Waals surface area (Å²) in [5, 5.41) is 5.57. The molecule has 0 saturated carbocycles. The van der Waals surface area contributed by atoms with Crippen LogP contribution < -0.4 is 15.5 Å². The second-order valence-electron chi connectivity index (χ2n) is 8.43. The number of carbonyl (C=O) groups excluding carboxylic acids is 4. The average molecular weight is 534 g/mol. The van der Waals surface area contributed by atoms with E-state index in [-0.39, 0.29) is 12.2 Å². The molecular formula is C28H31N5O6. The number of esters is 1. The molecule has 204 valence electrons. The van der Waals surface area contributed by atoms with E-state index in [9.17, 15) is 9.59 Å². The minimum absolute atomic E-state index is 0.250. The van der Waals surface area contributed by atoms with Gasteiger partial charge in [0.2, 0.25) is 0 Å². The van der Waals surface area contributed by atoms with Gasteiger partial charge in [0.05, 0.1) is 25.4 Å². The summed E-state index contributed by atoms with van der Waals surface area (Å²) in [6, 6.07) is 13.6. The van der Waals surface area contributed by atoms with E-state index in [1.807, 2.05) is 24.3 Å². The average Bonchev–Trinajstić information content (AvgIpc) is 2.95. The maximum absolute atomic E-state index is 12.4. The van der Waals surface area contributed by atoms with Crippen molar-refractivity contribution in [2.24, 2.45) is 0 Å². The molecule has 2 heterocycles. The first-order valence-electron chi connectivity index (χ1n) is 12.5. The molecule has 0 spiro atoms. The highest BCUT2D eigenvalue weighted by Gasteiger charge is 2.19. The van der Waals surface area contributed by atoms with Gasteiger partial charge >= 0.3 is 18.2 Å². The molecule has 2 N–H and O–H groups in total. The molecule has 1 aromatic heterocycles. The topological polar surface area (TPSA) is 140 Å². The van der Waals surface area contributed by atoms with Crippen LogP contribution in [-0.4, -0.2) is 61.0 Å². The molecule has 11 heteroatoms. The number of aryl methyl sites for hydroxylation is 1. The van der Waals surface area contributed by atoms with Gasteiger partial charge in [-0.3, -0.25) is 0 Å². The summed E-state index contributed by atoms with van der Waals surface area (Å²) in [6.45, 7) is 9.24. The highest BCUT2D eigenvalue weighted by molar-refractivity contribution is 6.00. The Balaban J connectivity index is 0.00000134. The summed E-state index contributed by atoms with van der Waals surface area (Å²) >= 11 is 0. The highest BCUT2D eigenvalue weighted by Crippen LogP contribution is 2.26. The second kappa shape index (κ2) is 14.4. The number of carbonyl (C=O) groups is 2. The van der Waals surface area contributed by atoms with Gasteiger partial charge in [0.1, 0.15) is 5.82 Å². The standard InChI is InChI=1S/C27H31N5O4.CO2/c1-4-23-18(3)25(32-14-16-35-17-15-32)31-24(30-23)19-6-10-21(11-7-19)28-27(34)29-22-12-8-20(9-13-22)26(33)36-5-2;2-1-3/h6-13H,4-5,14-17H2,1-3H3,(H2,28,29,34);. The van der Waals surface area contributed by atoms with Crippen LogP contribution in [0.3, 0.4) is 0 Å². The minimum atomic E-state index is -0.394. The number of hydrogen-bond donors (Lipinski definition) is 2. The lowest BCUT2D eigenvalue weighted by molar-refractivity contribution is -0.191. The Hall–Kier alpha value is -4.60. The quantitative estimate of drug-likeness (QED) is 0.430. The van der Waals surface area contributed by atoms with Gasteiger partial charge in [0, 0.05) is 41.3 Å². The smallest absolute Gasteiger partial charge is 0.373 e. The van der Waals surface area contributed by atoms with Crippen molar-refractivity contribution in [3.8, 4) is 11.4 Å². The first kappa shape index (κ1) is 29.0. The fourth-order valence-electron chi connectivity index (χ4n) is 4.01. The van der Waals surface area contributed by atoms with Crippen molar-refractivity contribution in [3.05, 3.63) is 65.4 Å². The minimum Gasteiger partial charge on any atom is -0.462 e. The van der Waals surface area contributed by atoms with Gasteiger partial charge in [-0.1, -0.05) is 6.92 Å². The van der Waals surface area contributed by atoms with Crippen molar-refractivity contribution in [2.75, 3.05) is 48.4 Å². The summed E-state index contributed by atoms with van der Waals surface area (Å²) in [6.07, 6.45) is 1.07. The predicted octanol–water partition coefficient (Wildman–Crippen LogP) is 4.09. The van der Waals surface area contributed by atoms with Gasteiger partial charge in [-0.25, -0.2) is 19.6 Å². The monoisotopic (exact) mass is 533 g/mol. The zero-order valence-electron chi connectivity index (χ0n) is 22.2. The maximum Gasteiger partial charge on any atom is 0.373 e. The van der Waals surface area contributed by atoms with E-state index in [4.69, 9.17) is 29.0 Å². The van der Waals surface area contributed by atoms with Gasteiger partial charge in [0.15, 0.2) is 5.82 Å². The van der Waals surface area contributed by atoms with Crippen LogP contribution in [0.4, 0.5) is 22.0 Å². The number of urea groups is 1. The fraction of sp³-hybridized carbons (Fsp3) is 0.321. The Labute approximate surface area is 226 Å². The molecule has 0 radical (unpaired) electrons. The van der Waals surface area contributed by atoms with Crippen LogP contribution >= 0.6 is 0 Å². The molecule has 2 aromatic carbocycles. The third-order valence-electron chi connectivity index (χ3n) is 5.92. The summed E-state index contributed by atoms with van der Waals surface area (Å²) in [5.74, 6) is 1.22. The van der Waals surface area contributed by atoms with E-state index in [1.165, 1.54) is 0 Å². The number of morpholine rings is 1. The molecule has 0 aliphatic carbocycles. The molecule has 2 amide bonds. The molecular weight excluding hydrogens is 502 g/mol. The van der Waals surface area contributed by atoms with E-state index in [2.05, 4.69) is 29.4 Å². The summed E-state index contributed by atoms with van der Waals surface area (Å²) in [5.41, 5.74) is 4.63. The first-order chi connectivity index (χ1) is 18.9. The van der Waals surface area contributed by atoms with Crippen molar-refractivity contribution in [3.63, 3.8) is 0 Å². The predicted molar refractivity (Wildman–Crippen MR) is 145 cm³/mol. The maximum atomic E-state index is 12.4. The van der Waals surface area contributed by atoms with E-state index >= 15 is 0 Å². The van der Waals surface area contributed by atoms with Gasteiger partial charge < -0.3 is 25.0 Å². The molecule has 1 fully saturated rings. The number of hydrogen-bond acceptors (Lipinski definition) is 9. The SMILES string of the molecule is CCOC(=O)c1ccc(NC(=O)Nc2ccc(-c3nc(CC)c(C)c(N4CCOCC4)n3)cc2)cc1.O=C=O. The molecule has 0 bridgehead atoms. The molecule has 4 rings (SSSR count). The van der Waals surface area contributed by atoms with Crippen LogP contribution in [-0.2, 0) is 25.5 Å². The number of anilines is 3. The molecule has 11 nitrogen and oxygen atoms in total. The van der Waals surface area contributed by atoms with Crippen LogP contribution in [0.25, 0.3) is 11.4 Å². The van der Waals surface area contributed by atoms with Gasteiger partial charge in [0.25, 0.3) is 0 Å². The number of ether oxygens (including phenoxy) is 2. The second-order valence-corrected chi connectivity index (χ2v) is 8.43. The number of aromatic nitrogens is 2. The number of rotatable bonds is 7. The molecule has 39 heavy (non-hydrogen) atoms. The molecule has 1 saturated heterocycles. The first-order valence-corrected chi connectivity index (χ1v) is 12.5. The van der Waals surface area contributed by atoms with Crippen molar-refractivity contribution < 1.29 is 28.7 Å². The summed E-state index contributed by atoms with van der Waals surface area (Å²) in [4.78, 5) is 52.4. The zero-order chi connectivity index (χ0) is 28.2. The Morgan fingerprint density at radius 2 is 1.51 bits per heavy atom. The zero-order valence-corrected chi connectivity index (χ0v) is 22.2. The number of nitrogens with one attached hydrogen (secondary N) is 2. The lowest BCUT2D eigenvalue weighted by Gasteiger charge is -2.29. The van der Waals surface area contributed by atoms with E-state index < -0.39 is 5.97 Å². The Kier molecular flexibility index (Phi) is 10.7. The Bertz CT molecular complexity index is 1300. The van der Waals surface area contributed by atoms with Crippen molar-refractivity contribution >= 4 is 35.3 Å². The van der Waals surface area contributed by atoms with E-state index in [0.717, 1.165) is 42.1 Å². The lowest BCUT2D eigenvalue weighted by Crippen LogP contribution is -2.37. The van der Waals surface area contributed by atoms with Gasteiger partial charge in [-0.15, -0.1) is 0 Å². The van der Waals surface area contributed by atoms with Gasteiger partial charge in [-0.2, -0.15) is 9.59 Å². The Morgan fingerprint density at radius 1 is 0.949 bits per heavy atom. The fourth-order valence-corrected chi connectivity index (χ4v) is 4.01. The summed E-state index contributed by atoms with van der Waals surface area (Å²) < 4.78 is 10.5. The van der Waals surface area contributed by atoms with Gasteiger partial charge in [-0.05, 0) is 68.8 Å².